The van der Waals surface area contributed by atoms with Gasteiger partial charge >= 0.3 is 0 Å². The first-order chi connectivity index (χ1) is 14.0. The van der Waals surface area contributed by atoms with E-state index in [1.165, 1.54) is 44.1 Å². The van der Waals surface area contributed by atoms with Gasteiger partial charge < -0.3 is 10.1 Å². The molecular weight excluding hydrogens is 358 g/mol. The number of carbonyl (C=O) groups is 1. The zero-order valence-electron chi connectivity index (χ0n) is 17.5. The van der Waals surface area contributed by atoms with Crippen molar-refractivity contribution >= 4 is 11.6 Å². The summed E-state index contributed by atoms with van der Waals surface area (Å²) in [6.45, 7) is 4.57. The van der Waals surface area contributed by atoms with Gasteiger partial charge in [0.1, 0.15) is 5.75 Å². The molecule has 6 rings (SSSR count). The number of amides is 1. The normalized spacial score (nSPS) is 29.7. The molecule has 4 aliphatic carbocycles. The van der Waals surface area contributed by atoms with Gasteiger partial charge in [0.05, 0.1) is 6.61 Å². The summed E-state index contributed by atoms with van der Waals surface area (Å²) in [5.41, 5.74) is 4.41. The number of hydrogen-bond donors (Lipinski definition) is 1. The number of ether oxygens (including phenoxy) is 1. The van der Waals surface area contributed by atoms with Crippen LogP contribution < -0.4 is 10.1 Å². The molecule has 0 spiro atoms. The molecular formula is C26H31NO2. The molecule has 1 amide bonds. The Bertz CT molecular complexity index is 880. The molecule has 2 aromatic carbocycles. The minimum Gasteiger partial charge on any atom is -0.494 e. The number of anilines is 1. The molecule has 3 heteroatoms. The van der Waals surface area contributed by atoms with Crippen LogP contribution in [-0.2, 0) is 5.41 Å². The van der Waals surface area contributed by atoms with Gasteiger partial charge in [-0.15, -0.1) is 0 Å². The minimum atomic E-state index is -0.0706. The second kappa shape index (κ2) is 7.19. The minimum absolute atomic E-state index is 0.0706. The molecule has 0 saturated heterocycles. The smallest absolute Gasteiger partial charge is 0.255 e. The Hall–Kier alpha value is -2.29. The van der Waals surface area contributed by atoms with Gasteiger partial charge in [-0.1, -0.05) is 12.1 Å². The number of nitrogens with one attached hydrogen (secondary N) is 1. The van der Waals surface area contributed by atoms with Crippen molar-refractivity contribution in [3.8, 4) is 5.75 Å². The van der Waals surface area contributed by atoms with Crippen molar-refractivity contribution < 1.29 is 9.53 Å². The number of hydrogen-bond acceptors (Lipinski definition) is 2. The van der Waals surface area contributed by atoms with Crippen molar-refractivity contribution in [2.45, 2.75) is 57.8 Å². The highest BCUT2D eigenvalue weighted by Crippen LogP contribution is 2.60. The number of carbonyl (C=O) groups excluding carboxylic acids is 1. The monoisotopic (exact) mass is 389 g/mol. The van der Waals surface area contributed by atoms with Gasteiger partial charge in [0, 0.05) is 11.3 Å². The molecule has 0 atom stereocenters. The lowest BCUT2D eigenvalue weighted by atomic mass is 9.48. The lowest BCUT2D eigenvalue weighted by Gasteiger charge is -2.57. The van der Waals surface area contributed by atoms with Crippen LogP contribution in [0.15, 0.2) is 42.5 Å². The molecule has 4 aliphatic rings. The fraction of sp³-hybridized carbons (Fsp3) is 0.500. The summed E-state index contributed by atoms with van der Waals surface area (Å²) in [5, 5.41) is 3.06. The lowest BCUT2D eigenvalue weighted by molar-refractivity contribution is -0.00518. The van der Waals surface area contributed by atoms with Gasteiger partial charge in [-0.3, -0.25) is 4.79 Å². The van der Waals surface area contributed by atoms with E-state index in [2.05, 4.69) is 29.6 Å². The summed E-state index contributed by atoms with van der Waals surface area (Å²) in [5.74, 6) is 3.61. The molecule has 0 aliphatic heterocycles. The third-order valence-electron chi connectivity index (χ3n) is 7.53. The van der Waals surface area contributed by atoms with Crippen molar-refractivity contribution in [3.05, 3.63) is 59.2 Å². The van der Waals surface area contributed by atoms with Crippen LogP contribution in [0, 0.1) is 24.7 Å². The fourth-order valence-electron chi connectivity index (χ4n) is 6.68. The maximum absolute atomic E-state index is 12.7. The predicted molar refractivity (Wildman–Crippen MR) is 117 cm³/mol. The number of aryl methyl sites for hydroxylation is 1. The maximum atomic E-state index is 12.7. The van der Waals surface area contributed by atoms with Crippen molar-refractivity contribution in [2.75, 3.05) is 11.9 Å². The Labute approximate surface area is 173 Å². The molecule has 4 saturated carbocycles. The van der Waals surface area contributed by atoms with Crippen LogP contribution in [0.1, 0.15) is 66.9 Å². The van der Waals surface area contributed by atoms with Gasteiger partial charge in [-0.05, 0) is 117 Å². The van der Waals surface area contributed by atoms with E-state index < -0.39 is 0 Å². The Balaban J connectivity index is 1.30. The van der Waals surface area contributed by atoms with Crippen LogP contribution in [0.4, 0.5) is 5.69 Å². The Morgan fingerprint density at radius 1 is 1.00 bits per heavy atom. The Morgan fingerprint density at radius 3 is 2.17 bits per heavy atom. The van der Waals surface area contributed by atoms with Crippen molar-refractivity contribution in [1.82, 2.24) is 0 Å². The quantitative estimate of drug-likeness (QED) is 0.669. The molecule has 0 radical (unpaired) electrons. The van der Waals surface area contributed by atoms with E-state index in [1.807, 2.05) is 32.0 Å². The predicted octanol–water partition coefficient (Wildman–Crippen LogP) is 6.11. The molecule has 2 aromatic rings. The summed E-state index contributed by atoms with van der Waals surface area (Å²) >= 11 is 0. The third kappa shape index (κ3) is 3.45. The summed E-state index contributed by atoms with van der Waals surface area (Å²) in [6.07, 6.45) is 8.52. The molecule has 0 heterocycles. The fourth-order valence-corrected chi connectivity index (χ4v) is 6.68. The first-order valence-corrected chi connectivity index (χ1v) is 11.2. The van der Waals surface area contributed by atoms with Crippen LogP contribution >= 0.6 is 0 Å². The molecule has 3 nitrogen and oxygen atoms in total. The first kappa shape index (κ1) is 18.7. The average molecular weight is 390 g/mol. The van der Waals surface area contributed by atoms with Gasteiger partial charge in [0.2, 0.25) is 0 Å². The average Bonchev–Trinajstić information content (AvgIpc) is 2.69. The second-order valence-corrected chi connectivity index (χ2v) is 9.64. The first-order valence-electron chi connectivity index (χ1n) is 11.2. The molecule has 1 N–H and O–H groups in total. The van der Waals surface area contributed by atoms with E-state index in [0.29, 0.717) is 17.6 Å². The van der Waals surface area contributed by atoms with Crippen molar-refractivity contribution in [2.24, 2.45) is 17.8 Å². The zero-order chi connectivity index (χ0) is 20.0. The highest BCUT2D eigenvalue weighted by atomic mass is 16.5. The van der Waals surface area contributed by atoms with E-state index in [0.717, 1.165) is 34.8 Å². The summed E-state index contributed by atoms with van der Waals surface area (Å²) in [6, 6.07) is 14.3. The summed E-state index contributed by atoms with van der Waals surface area (Å²) in [7, 11) is 0. The molecule has 4 fully saturated rings. The van der Waals surface area contributed by atoms with Crippen LogP contribution in [0.2, 0.25) is 0 Å². The number of rotatable bonds is 5. The van der Waals surface area contributed by atoms with Crippen LogP contribution in [0.3, 0.4) is 0 Å². The lowest BCUT2D eigenvalue weighted by Crippen LogP contribution is -2.48. The van der Waals surface area contributed by atoms with Gasteiger partial charge in [0.25, 0.3) is 5.91 Å². The van der Waals surface area contributed by atoms with E-state index in [4.69, 9.17) is 4.74 Å². The SMILES string of the molecule is CCOc1ccc(C(=O)Nc2ccc(C34CC5CC(CC(C5)C3)C4)cc2)cc1C. The molecule has 4 bridgehead atoms. The largest absolute Gasteiger partial charge is 0.494 e. The molecule has 0 unspecified atom stereocenters. The topological polar surface area (TPSA) is 38.3 Å². The maximum Gasteiger partial charge on any atom is 0.255 e. The van der Waals surface area contributed by atoms with E-state index in [9.17, 15) is 4.79 Å². The zero-order valence-corrected chi connectivity index (χ0v) is 17.5. The summed E-state index contributed by atoms with van der Waals surface area (Å²) in [4.78, 5) is 12.7. The standard InChI is InChI=1S/C26H31NO2/c1-3-29-24-9-4-21(10-17(24)2)25(28)27-23-7-5-22(6-8-23)26-14-18-11-19(15-26)13-20(12-18)16-26/h4-10,18-20H,3,11-16H2,1-2H3,(H,27,28). The van der Waals surface area contributed by atoms with Gasteiger partial charge in [-0.25, -0.2) is 0 Å². The molecule has 152 valence electrons. The van der Waals surface area contributed by atoms with Crippen molar-refractivity contribution in [1.29, 1.82) is 0 Å². The van der Waals surface area contributed by atoms with E-state index in [1.54, 1.807) is 0 Å². The highest BCUT2D eigenvalue weighted by molar-refractivity contribution is 6.04. The third-order valence-corrected chi connectivity index (χ3v) is 7.53. The van der Waals surface area contributed by atoms with E-state index in [-0.39, 0.29) is 5.91 Å². The van der Waals surface area contributed by atoms with Crippen LogP contribution in [0.5, 0.6) is 5.75 Å². The van der Waals surface area contributed by atoms with Gasteiger partial charge in [0.15, 0.2) is 0 Å². The van der Waals surface area contributed by atoms with Gasteiger partial charge in [-0.2, -0.15) is 0 Å². The Kier molecular flexibility index (Phi) is 4.64. The molecule has 29 heavy (non-hydrogen) atoms. The number of benzene rings is 2. The van der Waals surface area contributed by atoms with Crippen LogP contribution in [-0.4, -0.2) is 12.5 Å². The van der Waals surface area contributed by atoms with E-state index >= 15 is 0 Å². The van der Waals surface area contributed by atoms with Crippen molar-refractivity contribution in [3.63, 3.8) is 0 Å². The Morgan fingerprint density at radius 2 is 1.62 bits per heavy atom. The van der Waals surface area contributed by atoms with Crippen LogP contribution in [0.25, 0.3) is 0 Å². The highest BCUT2D eigenvalue weighted by Gasteiger charge is 2.51. The second-order valence-electron chi connectivity index (χ2n) is 9.64. The summed E-state index contributed by atoms with van der Waals surface area (Å²) < 4.78 is 5.57. The molecule has 0 aromatic heterocycles.